The Kier molecular flexibility index (Phi) is 3.83. The summed E-state index contributed by atoms with van der Waals surface area (Å²) in [4.78, 5) is 24.2. The van der Waals surface area contributed by atoms with Gasteiger partial charge in [-0.1, -0.05) is 6.92 Å². The van der Waals surface area contributed by atoms with Crippen LogP contribution in [0.1, 0.15) is 37.0 Å². The highest BCUT2D eigenvalue weighted by Crippen LogP contribution is 2.32. The first kappa shape index (κ1) is 13.5. The summed E-state index contributed by atoms with van der Waals surface area (Å²) < 4.78 is 0. The van der Waals surface area contributed by atoms with Crippen molar-refractivity contribution >= 4 is 17.2 Å². The molecule has 5 nitrogen and oxygen atoms in total. The molecular weight excluding hydrogens is 244 g/mol. The molecule has 1 heterocycles. The molecule has 0 aromatic heterocycles. The van der Waals surface area contributed by atoms with Gasteiger partial charge in [-0.05, 0) is 37.8 Å². The van der Waals surface area contributed by atoms with Gasteiger partial charge in [0.05, 0.1) is 4.92 Å². The molecule has 0 spiro atoms. The molecule has 5 heteroatoms. The Labute approximate surface area is 112 Å². The molecule has 0 aliphatic carbocycles. The van der Waals surface area contributed by atoms with Crippen LogP contribution in [0.25, 0.3) is 0 Å². The minimum Gasteiger partial charge on any atom is -0.366 e. The van der Waals surface area contributed by atoms with Crippen LogP contribution in [0, 0.1) is 16.0 Å². The molecule has 0 amide bonds. The van der Waals surface area contributed by atoms with Crippen LogP contribution in [0.4, 0.5) is 11.4 Å². The summed E-state index contributed by atoms with van der Waals surface area (Å²) in [6.07, 6.45) is 2.21. The van der Waals surface area contributed by atoms with E-state index in [2.05, 4.69) is 11.8 Å². The Bertz CT molecular complexity index is 513. The number of hydrogen-bond acceptors (Lipinski definition) is 4. The van der Waals surface area contributed by atoms with Crippen LogP contribution in [0.15, 0.2) is 18.2 Å². The maximum absolute atomic E-state index is 11.3. The van der Waals surface area contributed by atoms with Crippen molar-refractivity contribution in [1.29, 1.82) is 0 Å². The molecular formula is C14H18N2O3. The summed E-state index contributed by atoms with van der Waals surface area (Å²) in [5.41, 5.74) is 1.05. The number of nitro benzene ring substituents is 1. The van der Waals surface area contributed by atoms with E-state index >= 15 is 0 Å². The van der Waals surface area contributed by atoms with E-state index < -0.39 is 4.92 Å². The van der Waals surface area contributed by atoms with E-state index in [9.17, 15) is 14.9 Å². The van der Waals surface area contributed by atoms with E-state index in [0.717, 1.165) is 25.9 Å². The number of hydrogen-bond donors (Lipinski definition) is 0. The zero-order valence-electron chi connectivity index (χ0n) is 11.3. The molecule has 0 N–H and O–H groups in total. The number of piperidine rings is 1. The Morgan fingerprint density at radius 2 is 2.21 bits per heavy atom. The van der Waals surface area contributed by atoms with Gasteiger partial charge >= 0.3 is 0 Å². The molecule has 1 aromatic rings. The second-order valence-electron chi connectivity index (χ2n) is 5.21. The molecule has 2 rings (SSSR count). The van der Waals surface area contributed by atoms with Crippen molar-refractivity contribution in [3.8, 4) is 0 Å². The molecule has 1 saturated heterocycles. The maximum Gasteiger partial charge on any atom is 0.293 e. The lowest BCUT2D eigenvalue weighted by atomic mass is 9.99. The molecule has 0 saturated carbocycles. The van der Waals surface area contributed by atoms with E-state index in [1.165, 1.54) is 13.0 Å². The first-order chi connectivity index (χ1) is 8.99. The molecule has 1 aliphatic heterocycles. The van der Waals surface area contributed by atoms with Crippen molar-refractivity contribution in [2.45, 2.75) is 26.7 Å². The van der Waals surface area contributed by atoms with E-state index in [-0.39, 0.29) is 11.5 Å². The number of anilines is 1. The molecule has 0 unspecified atom stereocenters. The Morgan fingerprint density at radius 1 is 1.47 bits per heavy atom. The highest BCUT2D eigenvalue weighted by Gasteiger charge is 2.24. The summed E-state index contributed by atoms with van der Waals surface area (Å²) in [6.45, 7) is 5.24. The summed E-state index contributed by atoms with van der Waals surface area (Å²) in [5, 5.41) is 11.2. The van der Waals surface area contributed by atoms with Crippen molar-refractivity contribution in [3.05, 3.63) is 33.9 Å². The normalized spacial score (nSPS) is 19.3. The van der Waals surface area contributed by atoms with E-state index in [0.29, 0.717) is 17.2 Å². The predicted molar refractivity (Wildman–Crippen MR) is 73.7 cm³/mol. The Morgan fingerprint density at radius 3 is 2.79 bits per heavy atom. The Balaban J connectivity index is 2.38. The quantitative estimate of drug-likeness (QED) is 0.477. The van der Waals surface area contributed by atoms with Crippen molar-refractivity contribution in [2.75, 3.05) is 18.0 Å². The van der Waals surface area contributed by atoms with Crippen molar-refractivity contribution in [2.24, 2.45) is 5.92 Å². The largest absolute Gasteiger partial charge is 0.366 e. The van der Waals surface area contributed by atoms with Crippen LogP contribution in [-0.2, 0) is 0 Å². The monoisotopic (exact) mass is 262 g/mol. The molecule has 0 bridgehead atoms. The van der Waals surface area contributed by atoms with Crippen LogP contribution in [-0.4, -0.2) is 23.8 Å². The number of ketones is 1. The predicted octanol–water partition coefficient (Wildman–Crippen LogP) is 3.03. The minimum absolute atomic E-state index is 0.0294. The van der Waals surface area contributed by atoms with Gasteiger partial charge in [0.25, 0.3) is 5.69 Å². The van der Waals surface area contributed by atoms with Gasteiger partial charge in [0.1, 0.15) is 5.69 Å². The lowest BCUT2D eigenvalue weighted by molar-refractivity contribution is -0.384. The molecule has 1 fully saturated rings. The molecule has 102 valence electrons. The van der Waals surface area contributed by atoms with Crippen LogP contribution in [0.2, 0.25) is 0 Å². The number of carbonyl (C=O) groups is 1. The second kappa shape index (κ2) is 5.38. The summed E-state index contributed by atoms with van der Waals surface area (Å²) in [7, 11) is 0. The molecule has 1 atom stereocenters. The fourth-order valence-corrected chi connectivity index (χ4v) is 2.56. The third-order valence-corrected chi connectivity index (χ3v) is 3.58. The number of carbonyl (C=O) groups excluding carboxylic acids is 1. The first-order valence-corrected chi connectivity index (χ1v) is 6.53. The van der Waals surface area contributed by atoms with E-state index in [4.69, 9.17) is 0 Å². The number of rotatable bonds is 3. The van der Waals surface area contributed by atoms with Crippen LogP contribution in [0.3, 0.4) is 0 Å². The number of nitro groups is 1. The van der Waals surface area contributed by atoms with Gasteiger partial charge < -0.3 is 4.90 Å². The van der Waals surface area contributed by atoms with E-state index in [1.54, 1.807) is 12.1 Å². The van der Waals surface area contributed by atoms with Gasteiger partial charge in [0, 0.05) is 24.7 Å². The van der Waals surface area contributed by atoms with Crippen molar-refractivity contribution < 1.29 is 9.72 Å². The van der Waals surface area contributed by atoms with Gasteiger partial charge in [0.15, 0.2) is 5.78 Å². The fraction of sp³-hybridized carbons (Fsp3) is 0.500. The van der Waals surface area contributed by atoms with Gasteiger partial charge in [-0.2, -0.15) is 0 Å². The lowest BCUT2D eigenvalue weighted by Crippen LogP contribution is -2.34. The Hall–Kier alpha value is -1.91. The SMILES string of the molecule is CC(=O)c1ccc(N2CCC[C@H](C)C2)c([N+](=O)[O-])c1. The molecule has 0 radical (unpaired) electrons. The summed E-state index contributed by atoms with van der Waals surface area (Å²) in [6, 6.07) is 4.76. The number of Topliss-reactive ketones (excluding diaryl/α,β-unsaturated/α-hetero) is 1. The average molecular weight is 262 g/mol. The summed E-state index contributed by atoms with van der Waals surface area (Å²) in [5.74, 6) is 0.391. The van der Waals surface area contributed by atoms with E-state index in [1.807, 2.05) is 0 Å². The zero-order valence-corrected chi connectivity index (χ0v) is 11.3. The smallest absolute Gasteiger partial charge is 0.293 e. The van der Waals surface area contributed by atoms with Crippen molar-refractivity contribution in [3.63, 3.8) is 0 Å². The third kappa shape index (κ3) is 2.92. The first-order valence-electron chi connectivity index (χ1n) is 6.53. The topological polar surface area (TPSA) is 63.5 Å². The minimum atomic E-state index is -0.402. The highest BCUT2D eigenvalue weighted by atomic mass is 16.6. The summed E-state index contributed by atoms with van der Waals surface area (Å²) >= 11 is 0. The lowest BCUT2D eigenvalue weighted by Gasteiger charge is -2.32. The van der Waals surface area contributed by atoms with Gasteiger partial charge in [-0.15, -0.1) is 0 Å². The maximum atomic E-state index is 11.3. The van der Waals surface area contributed by atoms with Gasteiger partial charge in [0.2, 0.25) is 0 Å². The average Bonchev–Trinajstić information content (AvgIpc) is 2.37. The van der Waals surface area contributed by atoms with Gasteiger partial charge in [-0.25, -0.2) is 0 Å². The third-order valence-electron chi connectivity index (χ3n) is 3.58. The molecule has 1 aliphatic rings. The zero-order chi connectivity index (χ0) is 14.0. The van der Waals surface area contributed by atoms with Crippen molar-refractivity contribution in [1.82, 2.24) is 0 Å². The van der Waals surface area contributed by atoms with Crippen LogP contribution < -0.4 is 4.90 Å². The second-order valence-corrected chi connectivity index (χ2v) is 5.21. The van der Waals surface area contributed by atoms with Crippen LogP contribution >= 0.6 is 0 Å². The molecule has 19 heavy (non-hydrogen) atoms. The standard InChI is InChI=1S/C14H18N2O3/c1-10-4-3-7-15(9-10)13-6-5-12(11(2)17)8-14(13)16(18)19/h5-6,8,10H,3-4,7,9H2,1-2H3/t10-/m0/s1. The molecule has 1 aromatic carbocycles. The van der Waals surface area contributed by atoms with Crippen LogP contribution in [0.5, 0.6) is 0 Å². The van der Waals surface area contributed by atoms with Gasteiger partial charge in [-0.3, -0.25) is 14.9 Å². The number of nitrogens with zero attached hydrogens (tertiary/aromatic N) is 2. The fourth-order valence-electron chi connectivity index (χ4n) is 2.56. The highest BCUT2D eigenvalue weighted by molar-refractivity contribution is 5.95. The number of benzene rings is 1.